The highest BCUT2D eigenvalue weighted by molar-refractivity contribution is 7.89. The molecule has 174 valence electrons. The van der Waals surface area contributed by atoms with Crippen LogP contribution in [0.2, 0.25) is 0 Å². The van der Waals surface area contributed by atoms with Gasteiger partial charge in [-0.2, -0.15) is 4.72 Å². The number of nitrogens with one attached hydrogen (secondary N) is 1. The largest absolute Gasteiger partial charge is 0.424 e. The van der Waals surface area contributed by atoms with Crippen LogP contribution in [0, 0.1) is 20.8 Å². The predicted molar refractivity (Wildman–Crippen MR) is 128 cm³/mol. The molecule has 1 heterocycles. The summed E-state index contributed by atoms with van der Waals surface area (Å²) in [6.07, 6.45) is 0. The molecule has 0 radical (unpaired) electrons. The highest BCUT2D eigenvalue weighted by Gasteiger charge is 2.29. The van der Waals surface area contributed by atoms with Gasteiger partial charge in [-0.25, -0.2) is 18.0 Å². The zero-order valence-corrected chi connectivity index (χ0v) is 19.7. The number of benzene rings is 3. The van der Waals surface area contributed by atoms with Crippen LogP contribution in [0.5, 0.6) is 5.75 Å². The van der Waals surface area contributed by atoms with E-state index in [4.69, 9.17) is 9.15 Å². The average molecular weight is 478 g/mol. The van der Waals surface area contributed by atoms with E-state index in [9.17, 15) is 18.0 Å². The van der Waals surface area contributed by atoms with Crippen LogP contribution in [0.15, 0.2) is 86.9 Å². The molecule has 0 aliphatic heterocycles. The number of fused-ring (bicyclic) bond motifs is 1. The van der Waals surface area contributed by atoms with Crippen molar-refractivity contribution in [3.63, 3.8) is 0 Å². The van der Waals surface area contributed by atoms with E-state index in [2.05, 4.69) is 4.72 Å². The summed E-state index contributed by atoms with van der Waals surface area (Å²) in [4.78, 5) is 25.2. The number of carbonyl (C=O) groups is 1. The van der Waals surface area contributed by atoms with Gasteiger partial charge in [0.1, 0.15) is 17.4 Å². The SMILES string of the molecule is Cc1ccc(S(=O)(=O)NC(C(=O)Oc2cc(C)cc3oc(=O)cc(C)c23)c2ccccc2)cc1. The molecule has 1 aromatic heterocycles. The van der Waals surface area contributed by atoms with Gasteiger partial charge < -0.3 is 9.15 Å². The first-order chi connectivity index (χ1) is 16.1. The molecule has 34 heavy (non-hydrogen) atoms. The van der Waals surface area contributed by atoms with E-state index >= 15 is 0 Å². The molecule has 4 rings (SSSR count). The van der Waals surface area contributed by atoms with Gasteiger partial charge >= 0.3 is 11.6 Å². The first-order valence-corrected chi connectivity index (χ1v) is 12.0. The van der Waals surface area contributed by atoms with Crippen molar-refractivity contribution < 1.29 is 22.4 Å². The lowest BCUT2D eigenvalue weighted by Crippen LogP contribution is -2.36. The second-order valence-electron chi connectivity index (χ2n) is 8.08. The van der Waals surface area contributed by atoms with Gasteiger partial charge in [0, 0.05) is 6.07 Å². The molecule has 1 N–H and O–H groups in total. The number of hydrogen-bond acceptors (Lipinski definition) is 6. The Labute approximate surface area is 197 Å². The van der Waals surface area contributed by atoms with Crippen molar-refractivity contribution in [1.82, 2.24) is 4.72 Å². The molecule has 1 atom stereocenters. The van der Waals surface area contributed by atoms with Gasteiger partial charge in [-0.15, -0.1) is 0 Å². The van der Waals surface area contributed by atoms with E-state index < -0.39 is 27.7 Å². The lowest BCUT2D eigenvalue weighted by Gasteiger charge is -2.19. The third kappa shape index (κ3) is 4.93. The molecule has 0 bridgehead atoms. The summed E-state index contributed by atoms with van der Waals surface area (Å²) in [6, 6.07) is 18.1. The maximum atomic E-state index is 13.4. The lowest BCUT2D eigenvalue weighted by molar-refractivity contribution is -0.136. The van der Waals surface area contributed by atoms with Crippen LogP contribution in [0.1, 0.15) is 28.3 Å². The Balaban J connectivity index is 1.74. The smallest absolute Gasteiger partial charge is 0.336 e. The minimum atomic E-state index is -4.04. The van der Waals surface area contributed by atoms with Gasteiger partial charge in [-0.1, -0.05) is 48.0 Å². The number of rotatable bonds is 6. The van der Waals surface area contributed by atoms with Crippen molar-refractivity contribution in [1.29, 1.82) is 0 Å². The molecule has 0 aliphatic rings. The average Bonchev–Trinajstić information content (AvgIpc) is 2.77. The maximum Gasteiger partial charge on any atom is 0.336 e. The van der Waals surface area contributed by atoms with Gasteiger partial charge in [-0.3, -0.25) is 0 Å². The fourth-order valence-corrected chi connectivity index (χ4v) is 4.84. The van der Waals surface area contributed by atoms with Crippen molar-refractivity contribution in [3.8, 4) is 5.75 Å². The van der Waals surface area contributed by atoms with Crippen molar-refractivity contribution >= 4 is 27.0 Å². The Kier molecular flexibility index (Phi) is 6.37. The van der Waals surface area contributed by atoms with Crippen molar-refractivity contribution in [2.45, 2.75) is 31.7 Å². The first-order valence-electron chi connectivity index (χ1n) is 10.5. The molecular weight excluding hydrogens is 454 g/mol. The van der Waals surface area contributed by atoms with E-state index in [0.717, 1.165) is 5.56 Å². The van der Waals surface area contributed by atoms with Crippen LogP contribution in [0.25, 0.3) is 11.0 Å². The Morgan fingerprint density at radius 1 is 0.912 bits per heavy atom. The number of sulfonamides is 1. The molecule has 0 fully saturated rings. The summed E-state index contributed by atoms with van der Waals surface area (Å²) >= 11 is 0. The number of esters is 1. The highest BCUT2D eigenvalue weighted by atomic mass is 32.2. The summed E-state index contributed by atoms with van der Waals surface area (Å²) in [7, 11) is -4.04. The normalized spacial score (nSPS) is 12.4. The number of hydrogen-bond donors (Lipinski definition) is 1. The highest BCUT2D eigenvalue weighted by Crippen LogP contribution is 2.31. The zero-order valence-electron chi connectivity index (χ0n) is 18.9. The van der Waals surface area contributed by atoms with E-state index in [1.807, 2.05) is 6.92 Å². The van der Waals surface area contributed by atoms with Crippen molar-refractivity contribution in [2.24, 2.45) is 0 Å². The lowest BCUT2D eigenvalue weighted by atomic mass is 10.1. The molecule has 0 spiro atoms. The first kappa shape index (κ1) is 23.4. The van der Waals surface area contributed by atoms with Gasteiger partial charge in [-0.05, 0) is 61.7 Å². The Morgan fingerprint density at radius 2 is 1.59 bits per heavy atom. The van der Waals surface area contributed by atoms with E-state index in [1.54, 1.807) is 68.4 Å². The predicted octanol–water partition coefficient (Wildman–Crippen LogP) is 4.34. The van der Waals surface area contributed by atoms with Gasteiger partial charge in [0.15, 0.2) is 0 Å². The minimum Gasteiger partial charge on any atom is -0.424 e. The number of carbonyl (C=O) groups excluding carboxylic acids is 1. The van der Waals surface area contributed by atoms with Gasteiger partial charge in [0.2, 0.25) is 10.0 Å². The van der Waals surface area contributed by atoms with E-state index in [1.165, 1.54) is 18.2 Å². The molecule has 0 saturated carbocycles. The Bertz CT molecular complexity index is 1520. The van der Waals surface area contributed by atoms with Gasteiger partial charge in [0.05, 0.1) is 10.3 Å². The van der Waals surface area contributed by atoms with E-state index in [0.29, 0.717) is 22.1 Å². The molecule has 0 amide bonds. The third-order valence-electron chi connectivity index (χ3n) is 5.33. The summed E-state index contributed by atoms with van der Waals surface area (Å²) in [5.41, 5.74) is 2.38. The van der Waals surface area contributed by atoms with Crippen LogP contribution in [-0.2, 0) is 14.8 Å². The molecule has 0 saturated heterocycles. The standard InChI is InChI=1S/C26H23NO6S/c1-16-9-11-20(12-10-16)34(30,31)27-25(19-7-5-4-6-8-19)26(29)33-22-14-17(2)13-21-24(22)18(3)15-23(28)32-21/h4-15,25,27H,1-3H3. The summed E-state index contributed by atoms with van der Waals surface area (Å²) in [5, 5.41) is 0.465. The van der Waals surface area contributed by atoms with Crippen LogP contribution in [0.3, 0.4) is 0 Å². The molecule has 3 aromatic carbocycles. The van der Waals surface area contributed by atoms with Crippen LogP contribution >= 0.6 is 0 Å². The molecule has 4 aromatic rings. The molecular formula is C26H23NO6S. The summed E-state index contributed by atoms with van der Waals surface area (Å²) in [5.74, 6) is -0.642. The Morgan fingerprint density at radius 3 is 2.26 bits per heavy atom. The molecule has 1 unspecified atom stereocenters. The fourth-order valence-electron chi connectivity index (χ4n) is 3.66. The second-order valence-corrected chi connectivity index (χ2v) is 9.80. The van der Waals surface area contributed by atoms with Crippen molar-refractivity contribution in [3.05, 3.63) is 105 Å². The van der Waals surface area contributed by atoms with Crippen LogP contribution in [-0.4, -0.2) is 14.4 Å². The minimum absolute atomic E-state index is 0.0328. The zero-order chi connectivity index (χ0) is 24.5. The molecule has 8 heteroatoms. The molecule has 0 aliphatic carbocycles. The quantitative estimate of drug-likeness (QED) is 0.252. The topological polar surface area (TPSA) is 103 Å². The maximum absolute atomic E-state index is 13.4. The number of aryl methyl sites for hydroxylation is 3. The van der Waals surface area contributed by atoms with E-state index in [-0.39, 0.29) is 16.2 Å². The van der Waals surface area contributed by atoms with Crippen molar-refractivity contribution in [2.75, 3.05) is 0 Å². The summed E-state index contributed by atoms with van der Waals surface area (Å²) < 4.78 is 39.6. The summed E-state index contributed by atoms with van der Waals surface area (Å²) in [6.45, 7) is 5.33. The van der Waals surface area contributed by atoms with Crippen LogP contribution < -0.4 is 15.1 Å². The fraction of sp³-hybridized carbons (Fsp3) is 0.154. The van der Waals surface area contributed by atoms with Crippen LogP contribution in [0.4, 0.5) is 0 Å². The Hall–Kier alpha value is -3.75. The second kappa shape index (κ2) is 9.24. The number of ether oxygens (including phenoxy) is 1. The molecule has 7 nitrogen and oxygen atoms in total. The third-order valence-corrected chi connectivity index (χ3v) is 6.77. The monoisotopic (exact) mass is 477 g/mol. The van der Waals surface area contributed by atoms with Gasteiger partial charge in [0.25, 0.3) is 0 Å².